The van der Waals surface area contributed by atoms with E-state index < -0.39 is 0 Å². The molecule has 1 aromatic rings. The van der Waals surface area contributed by atoms with Gasteiger partial charge in [-0.25, -0.2) is 11.1 Å². The molecule has 3 N–H and O–H groups in total. The summed E-state index contributed by atoms with van der Waals surface area (Å²) in [4.78, 5) is 17.5. The summed E-state index contributed by atoms with van der Waals surface area (Å²) >= 11 is 0. The zero-order chi connectivity index (χ0) is 17.0. The first-order chi connectivity index (χ1) is 10.9. The quantitative estimate of drug-likeness (QED) is 0.268. The van der Waals surface area contributed by atoms with Gasteiger partial charge in [0.05, 0.1) is 6.54 Å². The minimum Gasteiger partial charge on any atom is -0.732 e. The molecule has 33 heavy (non-hydrogen) atoms. The molecule has 0 saturated carbocycles. The first-order valence-electron chi connectivity index (χ1n) is 7.55. The maximum absolute atomic E-state index is 12.0. The molecular formula is C18H26N3O3W5Y4-3. The maximum atomic E-state index is 12.0. The SMILES string of the molecule is C.CN=C(N)N(C)CC(=O)CC[C-]1CCc2[c-]c(O)c(C)[c-]c2O1.[W].[W].[W].[W].[W].[Y].[Y].[Y].[Y]. The summed E-state index contributed by atoms with van der Waals surface area (Å²) in [6.07, 6.45) is 3.29. The van der Waals surface area contributed by atoms with Crippen molar-refractivity contribution in [2.24, 2.45) is 10.7 Å². The molecule has 1 aliphatic heterocycles. The topological polar surface area (TPSA) is 88.2 Å². The van der Waals surface area contributed by atoms with Crippen molar-refractivity contribution in [2.75, 3.05) is 20.6 Å². The number of carbonyl (C=O) groups is 1. The number of fused-ring (bicyclic) bond motifs is 1. The summed E-state index contributed by atoms with van der Waals surface area (Å²) in [7, 11) is 3.33. The van der Waals surface area contributed by atoms with Crippen LogP contribution in [0.15, 0.2) is 4.99 Å². The molecule has 176 valence electrons. The molecule has 15 heteroatoms. The van der Waals surface area contributed by atoms with Gasteiger partial charge in [-0.15, -0.1) is 31.3 Å². The number of nitrogens with zero attached hydrogens (tertiary/aromatic N) is 2. The molecule has 1 aromatic carbocycles. The van der Waals surface area contributed by atoms with Crippen LogP contribution in [0, 0.1) is 25.2 Å². The summed E-state index contributed by atoms with van der Waals surface area (Å²) in [6.45, 7) is 1.99. The van der Waals surface area contributed by atoms with Crippen molar-refractivity contribution in [3.8, 4) is 11.5 Å². The van der Waals surface area contributed by atoms with Crippen LogP contribution < -0.4 is 10.5 Å². The average molecular weight is 1610 g/mol. The Morgan fingerprint density at radius 3 is 2.15 bits per heavy atom. The van der Waals surface area contributed by atoms with Crippen LogP contribution >= 0.6 is 0 Å². The summed E-state index contributed by atoms with van der Waals surface area (Å²) in [6, 6.07) is 5.93. The molecule has 4 radical (unpaired) electrons. The Labute approximate surface area is 371 Å². The molecule has 0 fully saturated rings. The summed E-state index contributed by atoms with van der Waals surface area (Å²) in [5.41, 5.74) is 7.09. The van der Waals surface area contributed by atoms with Gasteiger partial charge in [-0.3, -0.25) is 21.9 Å². The zero-order valence-electron chi connectivity index (χ0n) is 18.1. The molecule has 2 rings (SSSR count). The largest absolute Gasteiger partial charge is 0.732 e. The molecule has 0 aliphatic carbocycles. The van der Waals surface area contributed by atoms with Gasteiger partial charge in [0.2, 0.25) is 0 Å². The Balaban J connectivity index is -0.0000000823. The second kappa shape index (κ2) is 33.8. The van der Waals surface area contributed by atoms with Crippen molar-refractivity contribution in [2.45, 2.75) is 40.0 Å². The van der Waals surface area contributed by atoms with Crippen LogP contribution in [-0.2, 0) is 247 Å². The van der Waals surface area contributed by atoms with Crippen molar-refractivity contribution < 1.29 is 251 Å². The first-order valence-corrected chi connectivity index (χ1v) is 7.55. The number of hydrogen-bond donors (Lipinski definition) is 2. The fourth-order valence-electron chi connectivity index (χ4n) is 2.37. The Morgan fingerprint density at radius 1 is 1.15 bits per heavy atom. The third kappa shape index (κ3) is 22.9. The predicted molar refractivity (Wildman–Crippen MR) is 93.9 cm³/mol. The van der Waals surface area contributed by atoms with Crippen LogP contribution in [0.3, 0.4) is 0 Å². The van der Waals surface area contributed by atoms with E-state index in [0.717, 1.165) is 24.5 Å². The third-order valence-electron chi connectivity index (χ3n) is 3.82. The maximum Gasteiger partial charge on any atom is 0.191 e. The van der Waals surface area contributed by atoms with E-state index in [1.807, 2.05) is 0 Å². The predicted octanol–water partition coefficient (Wildman–Crippen LogP) is 2.00. The second-order valence-corrected chi connectivity index (χ2v) is 5.65. The van der Waals surface area contributed by atoms with Crippen LogP contribution in [0.1, 0.15) is 37.8 Å². The number of benzene rings is 1. The van der Waals surface area contributed by atoms with Gasteiger partial charge in [0.15, 0.2) is 5.96 Å². The number of aromatic hydroxyl groups is 1. The van der Waals surface area contributed by atoms with E-state index in [-0.39, 0.29) is 262 Å². The molecule has 6 nitrogen and oxygen atoms in total. The number of phenolic OH excluding ortho intramolecular Hbond substituents is 1. The van der Waals surface area contributed by atoms with Gasteiger partial charge >= 0.3 is 0 Å². The van der Waals surface area contributed by atoms with Crippen LogP contribution in [0.5, 0.6) is 11.5 Å². The zero-order valence-corrected chi connectivity index (χ0v) is 44.1. The Hall–Kier alpha value is 5.62. The van der Waals surface area contributed by atoms with Crippen LogP contribution in [0.2, 0.25) is 0 Å². The standard InChI is InChI=1S/C17H22N3O3.CH4.5W.4Y/c1-11-8-16-12(9-15(11)22)4-6-14(23-16)7-5-13(21)10-20(3)17(18)19-2;;;;;;;;;;/h22H,4-7,10H2,1-3H3,(H2,18,19);1H4;;;;;;;;;/q-3;;;;;;;;;;. The molecule has 1 aliphatic rings. The van der Waals surface area contributed by atoms with E-state index in [0.29, 0.717) is 30.1 Å². The summed E-state index contributed by atoms with van der Waals surface area (Å²) in [5, 5.41) is 9.65. The van der Waals surface area contributed by atoms with Crippen molar-refractivity contribution in [1.29, 1.82) is 0 Å². The molecule has 0 atom stereocenters. The number of ether oxygens (including phenoxy) is 1. The monoisotopic (exact) mass is 1610 g/mol. The number of hydrogen-bond acceptors (Lipinski definition) is 4. The molecule has 0 bridgehead atoms. The molecule has 0 amide bonds. The van der Waals surface area contributed by atoms with E-state index in [1.165, 1.54) is 0 Å². The van der Waals surface area contributed by atoms with Crippen molar-refractivity contribution >= 4 is 11.7 Å². The number of aryl methyl sites for hydroxylation is 2. The van der Waals surface area contributed by atoms with Gasteiger partial charge in [-0.05, 0) is 6.42 Å². The van der Waals surface area contributed by atoms with Crippen LogP contribution in [-0.4, -0.2) is 42.4 Å². The minimum atomic E-state index is 0. The number of aliphatic imine (C=N–C) groups is 1. The van der Waals surface area contributed by atoms with E-state index in [9.17, 15) is 9.90 Å². The van der Waals surface area contributed by atoms with Crippen LogP contribution in [0.4, 0.5) is 0 Å². The summed E-state index contributed by atoms with van der Waals surface area (Å²) in [5.74, 6) is 1.14. The molecular weight excluding hydrogens is 1580 g/mol. The minimum absolute atomic E-state index is 0. The van der Waals surface area contributed by atoms with Gasteiger partial charge in [0, 0.05) is 250 Å². The van der Waals surface area contributed by atoms with Gasteiger partial charge in [-0.1, -0.05) is 7.43 Å². The third-order valence-corrected chi connectivity index (χ3v) is 3.82. The number of nitrogens with two attached hydrogens (primary N) is 1. The Bertz CT molecular complexity index is 651. The number of guanidine groups is 1. The smallest absolute Gasteiger partial charge is 0.191 e. The Kier molecular flexibility index (Phi) is 63.8. The average Bonchev–Trinajstić information content (AvgIpc) is 2.53. The van der Waals surface area contributed by atoms with Gasteiger partial charge in [0.25, 0.3) is 0 Å². The molecule has 0 unspecified atom stereocenters. The molecule has 0 spiro atoms. The fraction of sp³-hybridized carbons (Fsp3) is 0.500. The Morgan fingerprint density at radius 2 is 1.67 bits per heavy atom. The first kappa shape index (κ1) is 62.3. The van der Waals surface area contributed by atoms with Gasteiger partial charge in [0.1, 0.15) is 5.78 Å². The molecule has 1 heterocycles. The van der Waals surface area contributed by atoms with Crippen molar-refractivity contribution in [1.82, 2.24) is 4.90 Å². The van der Waals surface area contributed by atoms with Gasteiger partial charge in [-0.2, -0.15) is 12.5 Å². The number of carbonyl (C=O) groups excluding carboxylic acids is 1. The fourth-order valence-corrected chi connectivity index (χ4v) is 2.37. The normalized spacial score (nSPS) is 10.5. The number of likely N-dealkylation sites (N-methyl/N-ethyl adjacent to an activating group) is 1. The number of phenols is 1. The number of ketones is 1. The van der Waals surface area contributed by atoms with E-state index in [2.05, 4.69) is 17.1 Å². The second-order valence-electron chi connectivity index (χ2n) is 5.65. The number of rotatable bonds is 5. The van der Waals surface area contributed by atoms with E-state index >= 15 is 0 Å². The van der Waals surface area contributed by atoms with E-state index in [1.54, 1.807) is 25.9 Å². The van der Waals surface area contributed by atoms with Crippen LogP contribution in [0.25, 0.3) is 0 Å². The van der Waals surface area contributed by atoms with Crippen molar-refractivity contribution in [3.63, 3.8) is 0 Å². The summed E-state index contributed by atoms with van der Waals surface area (Å²) < 4.78 is 5.80. The van der Waals surface area contributed by atoms with Gasteiger partial charge < -0.3 is 20.5 Å². The van der Waals surface area contributed by atoms with Crippen molar-refractivity contribution in [3.05, 3.63) is 29.4 Å². The number of Topliss-reactive ketones (excluding diaryl/α,β-unsaturated/α-hetero) is 1. The molecule has 0 aromatic heterocycles. The van der Waals surface area contributed by atoms with E-state index in [4.69, 9.17) is 10.5 Å². The molecule has 0 saturated heterocycles.